The first-order chi connectivity index (χ1) is 9.56. The zero-order valence-corrected chi connectivity index (χ0v) is 11.2. The minimum absolute atomic E-state index is 0.0294. The lowest BCUT2D eigenvalue weighted by Gasteiger charge is -2.39. The first kappa shape index (κ1) is 13.2. The van der Waals surface area contributed by atoms with Gasteiger partial charge in [0.05, 0.1) is 11.3 Å². The van der Waals surface area contributed by atoms with Crippen LogP contribution in [0, 0.1) is 5.82 Å². The van der Waals surface area contributed by atoms with Crippen LogP contribution in [-0.2, 0) is 0 Å². The quantitative estimate of drug-likeness (QED) is 0.801. The van der Waals surface area contributed by atoms with E-state index >= 15 is 0 Å². The second-order valence-electron chi connectivity index (χ2n) is 5.47. The first-order valence-electron chi connectivity index (χ1n) is 6.87. The number of rotatable bonds is 2. The van der Waals surface area contributed by atoms with Crippen LogP contribution in [-0.4, -0.2) is 48.2 Å². The van der Waals surface area contributed by atoms with Crippen LogP contribution in [0.1, 0.15) is 23.2 Å². The van der Waals surface area contributed by atoms with E-state index in [4.69, 9.17) is 10.8 Å². The molecule has 1 atom stereocenters. The third-order valence-electron chi connectivity index (χ3n) is 4.28. The van der Waals surface area contributed by atoms with Crippen LogP contribution in [0.25, 0.3) is 0 Å². The molecule has 2 heterocycles. The molecule has 0 saturated carbocycles. The number of carbonyl (C=O) groups is 1. The van der Waals surface area contributed by atoms with Crippen molar-refractivity contribution in [2.75, 3.05) is 36.8 Å². The minimum atomic E-state index is -1.12. The molecule has 2 aliphatic heterocycles. The molecule has 20 heavy (non-hydrogen) atoms. The molecule has 0 spiro atoms. The zero-order valence-electron chi connectivity index (χ0n) is 11.2. The Morgan fingerprint density at radius 2 is 2.15 bits per heavy atom. The van der Waals surface area contributed by atoms with E-state index in [0.717, 1.165) is 38.7 Å². The maximum absolute atomic E-state index is 14.1. The molecular weight excluding hydrogens is 261 g/mol. The molecule has 3 N–H and O–H groups in total. The van der Waals surface area contributed by atoms with E-state index in [1.54, 1.807) is 0 Å². The predicted molar refractivity (Wildman–Crippen MR) is 74.6 cm³/mol. The van der Waals surface area contributed by atoms with Crippen molar-refractivity contribution < 1.29 is 14.3 Å². The average Bonchev–Trinajstić information content (AvgIpc) is 2.85. The molecular formula is C14H18FN3O2. The van der Waals surface area contributed by atoms with Crippen molar-refractivity contribution in [1.29, 1.82) is 0 Å². The Labute approximate surface area is 116 Å². The van der Waals surface area contributed by atoms with Gasteiger partial charge in [0.2, 0.25) is 0 Å². The standard InChI is InChI=1S/C14H18FN3O2/c15-11-7-12(16)10(14(19)20)6-13(11)18-5-4-17-3-1-2-9(17)8-18/h6-7,9H,1-5,8,16H2,(H,19,20). The van der Waals surface area contributed by atoms with Gasteiger partial charge in [-0.2, -0.15) is 0 Å². The smallest absolute Gasteiger partial charge is 0.337 e. The fourth-order valence-electron chi connectivity index (χ4n) is 3.21. The van der Waals surface area contributed by atoms with E-state index < -0.39 is 11.8 Å². The highest BCUT2D eigenvalue weighted by Crippen LogP contribution is 2.30. The van der Waals surface area contributed by atoms with Crippen LogP contribution < -0.4 is 10.6 Å². The van der Waals surface area contributed by atoms with E-state index in [9.17, 15) is 9.18 Å². The predicted octanol–water partition coefficient (Wildman–Crippen LogP) is 1.39. The molecule has 0 radical (unpaired) electrons. The summed E-state index contributed by atoms with van der Waals surface area (Å²) in [5.41, 5.74) is 5.85. The number of carboxylic acid groups (broad SMARTS) is 1. The van der Waals surface area contributed by atoms with E-state index in [2.05, 4.69) is 4.90 Å². The van der Waals surface area contributed by atoms with Crippen molar-refractivity contribution in [3.8, 4) is 0 Å². The molecule has 2 aliphatic rings. The molecule has 1 aromatic rings. The normalized spacial score (nSPS) is 22.9. The molecule has 0 aliphatic carbocycles. The number of nitrogens with two attached hydrogens (primary N) is 1. The molecule has 1 aromatic carbocycles. The van der Waals surface area contributed by atoms with Gasteiger partial charge >= 0.3 is 5.97 Å². The average molecular weight is 279 g/mol. The highest BCUT2D eigenvalue weighted by atomic mass is 19.1. The van der Waals surface area contributed by atoms with Crippen LogP contribution in [0.15, 0.2) is 12.1 Å². The number of piperazine rings is 1. The molecule has 2 fully saturated rings. The maximum atomic E-state index is 14.1. The second kappa shape index (κ2) is 4.94. The SMILES string of the molecule is Nc1cc(F)c(N2CCN3CCCC3C2)cc1C(=O)O. The maximum Gasteiger partial charge on any atom is 0.337 e. The highest BCUT2D eigenvalue weighted by Gasteiger charge is 2.31. The van der Waals surface area contributed by atoms with Crippen molar-refractivity contribution >= 4 is 17.3 Å². The van der Waals surface area contributed by atoms with Gasteiger partial charge in [0.25, 0.3) is 0 Å². The molecule has 3 rings (SSSR count). The summed E-state index contributed by atoms with van der Waals surface area (Å²) in [5.74, 6) is -1.57. The van der Waals surface area contributed by atoms with Gasteiger partial charge in [-0.05, 0) is 31.5 Å². The summed E-state index contributed by atoms with van der Waals surface area (Å²) in [4.78, 5) is 15.5. The Morgan fingerprint density at radius 3 is 2.90 bits per heavy atom. The van der Waals surface area contributed by atoms with E-state index in [0.29, 0.717) is 11.7 Å². The lowest BCUT2D eigenvalue weighted by Crippen LogP contribution is -2.50. The Bertz CT molecular complexity index is 549. The van der Waals surface area contributed by atoms with Gasteiger partial charge in [-0.15, -0.1) is 0 Å². The summed E-state index contributed by atoms with van der Waals surface area (Å²) in [6.07, 6.45) is 2.31. The number of fused-ring (bicyclic) bond motifs is 1. The number of nitrogen functional groups attached to an aromatic ring is 1. The van der Waals surface area contributed by atoms with Crippen molar-refractivity contribution in [2.24, 2.45) is 0 Å². The molecule has 0 amide bonds. The van der Waals surface area contributed by atoms with Crippen LogP contribution in [0.2, 0.25) is 0 Å². The first-order valence-corrected chi connectivity index (χ1v) is 6.87. The van der Waals surface area contributed by atoms with E-state index in [-0.39, 0.29) is 11.3 Å². The second-order valence-corrected chi connectivity index (χ2v) is 5.47. The molecule has 108 valence electrons. The summed E-state index contributed by atoms with van der Waals surface area (Å²) in [6, 6.07) is 2.92. The molecule has 5 nitrogen and oxygen atoms in total. The number of halogens is 1. The number of nitrogens with zero attached hydrogens (tertiary/aromatic N) is 2. The van der Waals surface area contributed by atoms with Gasteiger partial charge in [-0.3, -0.25) is 4.90 Å². The van der Waals surface area contributed by atoms with Gasteiger partial charge in [0.1, 0.15) is 5.82 Å². The lowest BCUT2D eigenvalue weighted by molar-refractivity contribution is 0.0698. The number of carboxylic acids is 1. The van der Waals surface area contributed by atoms with Crippen molar-refractivity contribution in [1.82, 2.24) is 4.90 Å². The Balaban J connectivity index is 1.89. The number of anilines is 2. The lowest BCUT2D eigenvalue weighted by atomic mass is 10.1. The summed E-state index contributed by atoms with van der Waals surface area (Å²) in [7, 11) is 0. The van der Waals surface area contributed by atoms with Gasteiger partial charge < -0.3 is 15.7 Å². The third-order valence-corrected chi connectivity index (χ3v) is 4.28. The summed E-state index contributed by atoms with van der Waals surface area (Å²) in [6.45, 7) is 3.48. The fourth-order valence-corrected chi connectivity index (χ4v) is 3.21. The van der Waals surface area contributed by atoms with Crippen molar-refractivity contribution in [2.45, 2.75) is 18.9 Å². The third kappa shape index (κ3) is 2.20. The van der Waals surface area contributed by atoms with Gasteiger partial charge in [0, 0.05) is 31.4 Å². The molecule has 0 aromatic heterocycles. The van der Waals surface area contributed by atoms with E-state index in [1.165, 1.54) is 12.5 Å². The summed E-state index contributed by atoms with van der Waals surface area (Å²) < 4.78 is 14.1. The summed E-state index contributed by atoms with van der Waals surface area (Å²) >= 11 is 0. The van der Waals surface area contributed by atoms with Crippen molar-refractivity contribution in [3.05, 3.63) is 23.5 Å². The number of hydrogen-bond acceptors (Lipinski definition) is 4. The zero-order chi connectivity index (χ0) is 14.3. The van der Waals surface area contributed by atoms with Crippen LogP contribution in [0.4, 0.5) is 15.8 Å². The Morgan fingerprint density at radius 1 is 1.35 bits per heavy atom. The van der Waals surface area contributed by atoms with Crippen molar-refractivity contribution in [3.63, 3.8) is 0 Å². The topological polar surface area (TPSA) is 69.8 Å². The largest absolute Gasteiger partial charge is 0.478 e. The fraction of sp³-hybridized carbons (Fsp3) is 0.500. The van der Waals surface area contributed by atoms with E-state index in [1.807, 2.05) is 4.90 Å². The number of benzene rings is 1. The molecule has 2 saturated heterocycles. The van der Waals surface area contributed by atoms with Crippen LogP contribution in [0.5, 0.6) is 0 Å². The van der Waals surface area contributed by atoms with Gasteiger partial charge in [0.15, 0.2) is 0 Å². The monoisotopic (exact) mass is 279 g/mol. The Kier molecular flexibility index (Phi) is 3.25. The minimum Gasteiger partial charge on any atom is -0.478 e. The number of aromatic carboxylic acids is 1. The van der Waals surface area contributed by atoms with Gasteiger partial charge in [-0.1, -0.05) is 0 Å². The molecule has 1 unspecified atom stereocenters. The molecule has 6 heteroatoms. The molecule has 0 bridgehead atoms. The van der Waals surface area contributed by atoms with Crippen LogP contribution in [0.3, 0.4) is 0 Å². The summed E-state index contributed by atoms with van der Waals surface area (Å²) in [5, 5.41) is 9.10. The number of hydrogen-bond donors (Lipinski definition) is 2. The van der Waals surface area contributed by atoms with Crippen LogP contribution >= 0.6 is 0 Å². The Hall–Kier alpha value is -1.82. The highest BCUT2D eigenvalue weighted by molar-refractivity contribution is 5.95. The van der Waals surface area contributed by atoms with Gasteiger partial charge in [-0.25, -0.2) is 9.18 Å².